The quantitative estimate of drug-likeness (QED) is 0.915. The Morgan fingerprint density at radius 2 is 1.77 bits per heavy atom. The fourth-order valence-electron chi connectivity index (χ4n) is 2.68. The molecule has 1 fully saturated rings. The zero-order valence-corrected chi connectivity index (χ0v) is 15.4. The lowest BCUT2D eigenvalue weighted by atomic mass is 9.87. The van der Waals surface area contributed by atoms with Crippen LogP contribution in [0.15, 0.2) is 29.2 Å². The third-order valence-electron chi connectivity index (χ3n) is 4.29. The number of hydrogen-bond donors (Lipinski definition) is 1. The van der Waals surface area contributed by atoms with Crippen LogP contribution in [0.4, 0.5) is 0 Å². The van der Waals surface area contributed by atoms with E-state index < -0.39 is 10.0 Å². The molecule has 0 aliphatic carbocycles. The number of rotatable bonds is 3. The molecule has 6 heteroatoms. The Bertz CT molecular complexity index is 592. The lowest BCUT2D eigenvalue weighted by Gasteiger charge is -2.21. The molecular weight excluding hydrogens is 320 g/mol. The van der Waals surface area contributed by atoms with Gasteiger partial charge in [0.05, 0.1) is 4.90 Å². The molecule has 0 amide bonds. The number of hydrogen-bond acceptors (Lipinski definition) is 3. The van der Waals surface area contributed by atoms with Crippen LogP contribution in [-0.2, 0) is 15.4 Å². The maximum absolute atomic E-state index is 12.6. The first kappa shape index (κ1) is 19.4. The van der Waals surface area contributed by atoms with Gasteiger partial charge in [0.2, 0.25) is 10.0 Å². The fraction of sp³-hybridized carbons (Fsp3) is 0.625. The largest absolute Gasteiger partial charge is 0.328 e. The molecule has 0 aromatic heterocycles. The highest BCUT2D eigenvalue weighted by molar-refractivity contribution is 7.89. The first-order chi connectivity index (χ1) is 9.62. The minimum atomic E-state index is -3.39. The summed E-state index contributed by atoms with van der Waals surface area (Å²) < 4.78 is 26.9. The van der Waals surface area contributed by atoms with Gasteiger partial charge in [0.15, 0.2) is 0 Å². The Kier molecular flexibility index (Phi) is 6.07. The van der Waals surface area contributed by atoms with Crippen molar-refractivity contribution in [3.8, 4) is 0 Å². The van der Waals surface area contributed by atoms with E-state index in [1.54, 1.807) is 16.4 Å². The highest BCUT2D eigenvalue weighted by Crippen LogP contribution is 2.28. The summed E-state index contributed by atoms with van der Waals surface area (Å²) in [5, 5.41) is 0. The summed E-state index contributed by atoms with van der Waals surface area (Å²) in [6, 6.07) is 7.29. The molecule has 2 atom stereocenters. The first-order valence-corrected chi connectivity index (χ1v) is 8.92. The standard InChI is InChI=1S/C16H26N2O2S.ClH/c1-12(17)13-9-10-18(11-13)21(19,20)15-7-5-14(6-8-15)16(2,3)4;/h5-8,12-13H,9-11,17H2,1-4H3;1H. The van der Waals surface area contributed by atoms with E-state index in [2.05, 4.69) is 20.8 Å². The molecule has 1 aliphatic heterocycles. The second-order valence-corrected chi connectivity index (χ2v) is 8.98. The van der Waals surface area contributed by atoms with Crippen LogP contribution in [0.2, 0.25) is 0 Å². The van der Waals surface area contributed by atoms with E-state index in [0.717, 1.165) is 12.0 Å². The van der Waals surface area contributed by atoms with Crippen molar-refractivity contribution >= 4 is 22.4 Å². The molecular formula is C16H27ClN2O2S. The zero-order chi connectivity index (χ0) is 15.8. The van der Waals surface area contributed by atoms with Crippen LogP contribution in [0.1, 0.15) is 39.7 Å². The molecule has 1 heterocycles. The van der Waals surface area contributed by atoms with Gasteiger partial charge in [-0.3, -0.25) is 0 Å². The van der Waals surface area contributed by atoms with Crippen LogP contribution < -0.4 is 5.73 Å². The third-order valence-corrected chi connectivity index (χ3v) is 6.17. The molecule has 22 heavy (non-hydrogen) atoms. The molecule has 0 radical (unpaired) electrons. The van der Waals surface area contributed by atoms with Crippen molar-refractivity contribution in [2.75, 3.05) is 13.1 Å². The zero-order valence-electron chi connectivity index (χ0n) is 13.7. The van der Waals surface area contributed by atoms with Crippen LogP contribution in [0.5, 0.6) is 0 Å². The molecule has 1 aromatic rings. The average Bonchev–Trinajstić information content (AvgIpc) is 2.88. The molecule has 4 nitrogen and oxygen atoms in total. The maximum Gasteiger partial charge on any atom is 0.243 e. The van der Waals surface area contributed by atoms with E-state index in [4.69, 9.17) is 5.73 Å². The molecule has 0 saturated carbocycles. The molecule has 1 aliphatic rings. The predicted octanol–water partition coefficient (Wildman–Crippen LogP) is 2.76. The summed E-state index contributed by atoms with van der Waals surface area (Å²) in [7, 11) is -3.39. The third kappa shape index (κ3) is 4.02. The van der Waals surface area contributed by atoms with Crippen molar-refractivity contribution in [1.29, 1.82) is 0 Å². The molecule has 126 valence electrons. The normalized spacial score (nSPS) is 21.4. The van der Waals surface area contributed by atoms with Crippen molar-refractivity contribution in [1.82, 2.24) is 4.31 Å². The fourth-order valence-corrected chi connectivity index (χ4v) is 4.19. The van der Waals surface area contributed by atoms with Crippen LogP contribution >= 0.6 is 12.4 Å². The van der Waals surface area contributed by atoms with Gasteiger partial charge in [0, 0.05) is 19.1 Å². The van der Waals surface area contributed by atoms with Gasteiger partial charge in [-0.05, 0) is 42.4 Å². The highest BCUT2D eigenvalue weighted by atomic mass is 35.5. The molecule has 0 bridgehead atoms. The maximum atomic E-state index is 12.6. The topological polar surface area (TPSA) is 63.4 Å². The van der Waals surface area contributed by atoms with E-state index in [9.17, 15) is 8.42 Å². The summed E-state index contributed by atoms with van der Waals surface area (Å²) in [6.07, 6.45) is 0.844. The molecule has 2 N–H and O–H groups in total. The SMILES string of the molecule is CC(N)C1CCN(S(=O)(=O)c2ccc(C(C)(C)C)cc2)C1.Cl. The van der Waals surface area contributed by atoms with Crippen LogP contribution in [0.3, 0.4) is 0 Å². The Hall–Kier alpha value is -0.620. The van der Waals surface area contributed by atoms with Crippen LogP contribution in [0.25, 0.3) is 0 Å². The summed E-state index contributed by atoms with van der Waals surface area (Å²) in [6.45, 7) is 9.38. The smallest absolute Gasteiger partial charge is 0.243 e. The monoisotopic (exact) mass is 346 g/mol. The van der Waals surface area contributed by atoms with Crippen molar-refractivity contribution in [3.63, 3.8) is 0 Å². The molecule has 1 aromatic carbocycles. The number of benzene rings is 1. The van der Waals surface area contributed by atoms with E-state index in [1.807, 2.05) is 19.1 Å². The van der Waals surface area contributed by atoms with Crippen molar-refractivity contribution < 1.29 is 8.42 Å². The summed E-state index contributed by atoms with van der Waals surface area (Å²) >= 11 is 0. The lowest BCUT2D eigenvalue weighted by Crippen LogP contribution is -2.33. The van der Waals surface area contributed by atoms with Gasteiger partial charge in [0.25, 0.3) is 0 Å². The molecule has 2 rings (SSSR count). The van der Waals surface area contributed by atoms with Gasteiger partial charge in [-0.2, -0.15) is 4.31 Å². The van der Waals surface area contributed by atoms with Gasteiger partial charge in [-0.1, -0.05) is 32.9 Å². The lowest BCUT2D eigenvalue weighted by molar-refractivity contribution is 0.429. The van der Waals surface area contributed by atoms with Crippen molar-refractivity contribution in [2.24, 2.45) is 11.7 Å². The number of nitrogens with two attached hydrogens (primary N) is 1. The minimum Gasteiger partial charge on any atom is -0.328 e. The highest BCUT2D eigenvalue weighted by Gasteiger charge is 2.33. The number of sulfonamides is 1. The number of nitrogens with zero attached hydrogens (tertiary/aromatic N) is 1. The Morgan fingerprint density at radius 1 is 1.23 bits per heavy atom. The van der Waals surface area contributed by atoms with Gasteiger partial charge in [-0.15, -0.1) is 12.4 Å². The summed E-state index contributed by atoms with van der Waals surface area (Å²) in [5.41, 5.74) is 7.05. The number of halogens is 1. The van der Waals surface area contributed by atoms with Crippen molar-refractivity contribution in [3.05, 3.63) is 29.8 Å². The molecule has 0 spiro atoms. The van der Waals surface area contributed by atoms with Crippen LogP contribution in [0, 0.1) is 5.92 Å². The van der Waals surface area contributed by atoms with Crippen LogP contribution in [-0.4, -0.2) is 31.9 Å². The first-order valence-electron chi connectivity index (χ1n) is 7.48. The van der Waals surface area contributed by atoms with E-state index >= 15 is 0 Å². The summed E-state index contributed by atoms with van der Waals surface area (Å²) in [4.78, 5) is 0.376. The predicted molar refractivity (Wildman–Crippen MR) is 92.9 cm³/mol. The molecule has 2 unspecified atom stereocenters. The minimum absolute atomic E-state index is 0. The Labute approximate surface area is 140 Å². The van der Waals surface area contributed by atoms with Gasteiger partial charge >= 0.3 is 0 Å². The second-order valence-electron chi connectivity index (χ2n) is 7.05. The second kappa shape index (κ2) is 6.87. The Morgan fingerprint density at radius 3 is 2.18 bits per heavy atom. The van der Waals surface area contributed by atoms with Gasteiger partial charge in [0.1, 0.15) is 0 Å². The van der Waals surface area contributed by atoms with E-state index in [0.29, 0.717) is 18.0 Å². The average molecular weight is 347 g/mol. The van der Waals surface area contributed by atoms with E-state index in [1.165, 1.54) is 0 Å². The van der Waals surface area contributed by atoms with Gasteiger partial charge < -0.3 is 5.73 Å². The Balaban J connectivity index is 0.00000242. The summed E-state index contributed by atoms with van der Waals surface area (Å²) in [5.74, 6) is 0.258. The van der Waals surface area contributed by atoms with Gasteiger partial charge in [-0.25, -0.2) is 8.42 Å². The molecule has 1 saturated heterocycles. The van der Waals surface area contributed by atoms with E-state index in [-0.39, 0.29) is 29.8 Å². The van der Waals surface area contributed by atoms with Crippen molar-refractivity contribution in [2.45, 2.75) is 50.5 Å².